The number of carbonyl (C=O) groups excluding carboxylic acids is 3. The van der Waals surface area contributed by atoms with Crippen LogP contribution in [0.25, 0.3) is 10.8 Å². The van der Waals surface area contributed by atoms with Crippen LogP contribution in [0.15, 0.2) is 71.9 Å². The maximum atomic E-state index is 13.8. The maximum Gasteiger partial charge on any atom is 0.323 e. The fraction of sp³-hybridized carbons (Fsp3) is 0.357. The molecule has 3 unspecified atom stereocenters. The lowest BCUT2D eigenvalue weighted by molar-refractivity contribution is -0.646. The van der Waals surface area contributed by atoms with E-state index in [-0.39, 0.29) is 23.6 Å². The number of sulfonamides is 1. The van der Waals surface area contributed by atoms with Crippen LogP contribution >= 0.6 is 0 Å². The predicted molar refractivity (Wildman–Crippen MR) is 143 cm³/mol. The first-order chi connectivity index (χ1) is 18.6. The molecule has 2 fully saturated rings. The monoisotopic (exact) mass is 550 g/mol. The number of likely N-dealkylation sites (tertiary alicyclic amines) is 1. The van der Waals surface area contributed by atoms with Crippen molar-refractivity contribution in [1.82, 2.24) is 14.5 Å². The summed E-state index contributed by atoms with van der Waals surface area (Å²) in [5, 5.41) is 16.5. The first-order valence-corrected chi connectivity index (χ1v) is 14.3. The van der Waals surface area contributed by atoms with Crippen LogP contribution in [-0.4, -0.2) is 66.4 Å². The lowest BCUT2D eigenvalue weighted by atomic mass is 10.0. The third kappa shape index (κ3) is 4.99. The van der Waals surface area contributed by atoms with Crippen LogP contribution in [0.3, 0.4) is 0 Å². The quantitative estimate of drug-likeness (QED) is 0.353. The molecule has 0 bridgehead atoms. The first-order valence-electron chi connectivity index (χ1n) is 12.9. The second kappa shape index (κ2) is 10.4. The Hall–Kier alpha value is -3.83. The molecule has 11 heteroatoms. The number of benzene rings is 2. The minimum atomic E-state index is -4.26. The van der Waals surface area contributed by atoms with Gasteiger partial charge in [-0.3, -0.25) is 14.4 Å². The summed E-state index contributed by atoms with van der Waals surface area (Å²) in [4.78, 5) is 41.4. The van der Waals surface area contributed by atoms with Crippen molar-refractivity contribution in [3.63, 3.8) is 0 Å². The Balaban J connectivity index is 1.37. The molecule has 0 spiro atoms. The maximum absolute atomic E-state index is 13.8. The van der Waals surface area contributed by atoms with Crippen molar-refractivity contribution in [3.8, 4) is 0 Å². The molecule has 0 saturated carbocycles. The van der Waals surface area contributed by atoms with Crippen molar-refractivity contribution < 1.29 is 27.5 Å². The predicted octanol–water partition coefficient (Wildman–Crippen LogP) is 1.86. The molecule has 1 N–H and O–H groups in total. The highest BCUT2D eigenvalue weighted by Gasteiger charge is 2.55. The number of pyridine rings is 1. The van der Waals surface area contributed by atoms with E-state index in [2.05, 4.69) is 5.32 Å². The van der Waals surface area contributed by atoms with Crippen molar-refractivity contribution in [2.24, 2.45) is 5.92 Å². The summed E-state index contributed by atoms with van der Waals surface area (Å²) in [6.07, 6.45) is 1.68. The Morgan fingerprint density at radius 1 is 1.08 bits per heavy atom. The van der Waals surface area contributed by atoms with Crippen LogP contribution in [-0.2, 0) is 19.6 Å². The lowest BCUT2D eigenvalue weighted by Gasteiger charge is -2.29. The molecule has 2 aliphatic heterocycles. The number of nitrogens with one attached hydrogen (secondary N) is 1. The van der Waals surface area contributed by atoms with E-state index in [1.807, 2.05) is 44.2 Å². The Morgan fingerprint density at radius 3 is 2.51 bits per heavy atom. The smallest absolute Gasteiger partial charge is 0.323 e. The molecule has 5 rings (SSSR count). The number of carbonyl (C=O) groups is 3. The van der Waals surface area contributed by atoms with Gasteiger partial charge in [0.25, 0.3) is 5.91 Å². The molecule has 3 heterocycles. The zero-order valence-corrected chi connectivity index (χ0v) is 22.5. The molecule has 2 aromatic carbocycles. The van der Waals surface area contributed by atoms with E-state index in [9.17, 15) is 28.0 Å². The van der Waals surface area contributed by atoms with Gasteiger partial charge in [-0.2, -0.15) is 9.04 Å². The van der Waals surface area contributed by atoms with Crippen molar-refractivity contribution >= 4 is 38.4 Å². The van der Waals surface area contributed by atoms with Crippen molar-refractivity contribution in [3.05, 3.63) is 77.6 Å². The van der Waals surface area contributed by atoms with Gasteiger partial charge < -0.3 is 15.4 Å². The summed E-state index contributed by atoms with van der Waals surface area (Å²) in [6, 6.07) is 14.4. The average Bonchev–Trinajstić information content (AvgIpc) is 3.49. The Labute approximate surface area is 226 Å². The Kier molecular flexibility index (Phi) is 7.13. The van der Waals surface area contributed by atoms with Gasteiger partial charge in [-0.05, 0) is 47.7 Å². The number of fused-ring (bicyclic) bond motifs is 2. The molecule has 39 heavy (non-hydrogen) atoms. The highest BCUT2D eigenvalue weighted by Crippen LogP contribution is 2.34. The number of Topliss-reactive ketones (excluding diaryl/α,β-unsaturated/α-hetero) is 1. The fourth-order valence-electron chi connectivity index (χ4n) is 5.54. The molecule has 2 aliphatic rings. The van der Waals surface area contributed by atoms with Gasteiger partial charge in [0.05, 0.1) is 12.6 Å². The molecule has 2 amide bonds. The van der Waals surface area contributed by atoms with E-state index < -0.39 is 57.3 Å². The largest absolute Gasteiger partial charge is 0.618 e. The van der Waals surface area contributed by atoms with Crippen LogP contribution in [0.5, 0.6) is 0 Å². The summed E-state index contributed by atoms with van der Waals surface area (Å²) < 4.78 is 27.9. The minimum Gasteiger partial charge on any atom is -0.618 e. The lowest BCUT2D eigenvalue weighted by Crippen LogP contribution is -2.53. The Bertz CT molecular complexity index is 1560. The number of nitrogens with zero attached hydrogens (tertiary/aromatic N) is 3. The van der Waals surface area contributed by atoms with Gasteiger partial charge in [-0.25, -0.2) is 8.42 Å². The van der Waals surface area contributed by atoms with E-state index in [1.54, 1.807) is 12.1 Å². The first kappa shape index (κ1) is 26.8. The van der Waals surface area contributed by atoms with Crippen LogP contribution in [0.1, 0.15) is 37.0 Å². The normalized spacial score (nSPS) is 20.4. The second-order valence-electron chi connectivity index (χ2n) is 10.4. The summed E-state index contributed by atoms with van der Waals surface area (Å²) in [7, 11) is -4.26. The minimum absolute atomic E-state index is 0.0657. The summed E-state index contributed by atoms with van der Waals surface area (Å²) in [5.41, 5.74) is 0.414. The third-order valence-corrected chi connectivity index (χ3v) is 9.21. The van der Waals surface area contributed by atoms with Gasteiger partial charge in [0, 0.05) is 24.2 Å². The molecule has 3 atom stereocenters. The van der Waals surface area contributed by atoms with Gasteiger partial charge in [0.2, 0.25) is 5.91 Å². The topological polar surface area (TPSA) is 131 Å². The van der Waals surface area contributed by atoms with Crippen molar-refractivity contribution in [1.29, 1.82) is 0 Å². The molecule has 0 radical (unpaired) electrons. The van der Waals surface area contributed by atoms with E-state index >= 15 is 0 Å². The van der Waals surface area contributed by atoms with Gasteiger partial charge >= 0.3 is 15.0 Å². The van der Waals surface area contributed by atoms with E-state index in [1.165, 1.54) is 23.1 Å². The van der Waals surface area contributed by atoms with Crippen LogP contribution in [0.2, 0.25) is 0 Å². The van der Waals surface area contributed by atoms with E-state index in [4.69, 9.17) is 0 Å². The molecular weight excluding hydrogens is 520 g/mol. The number of amides is 2. The van der Waals surface area contributed by atoms with Gasteiger partial charge in [0.15, 0.2) is 12.0 Å². The number of rotatable bonds is 7. The highest BCUT2D eigenvalue weighted by molar-refractivity contribution is 7.89. The number of aromatic nitrogens is 1. The zero-order chi connectivity index (χ0) is 27.9. The zero-order valence-electron chi connectivity index (χ0n) is 21.7. The third-order valence-electron chi connectivity index (χ3n) is 7.34. The molecule has 204 valence electrons. The SMILES string of the molecule is CC(C)CC(NC(=O)c1ccc2ccccc2c1)C(=O)N1CCC2C1C(=O)CN2S(=O)(=O)c1cccc[n+]1[O-]. The van der Waals surface area contributed by atoms with E-state index in [0.717, 1.165) is 21.3 Å². The van der Waals surface area contributed by atoms with Gasteiger partial charge in [-0.15, -0.1) is 0 Å². The standard InChI is InChI=1S/C28H30N4O6S/c1-18(2)15-22(29-27(34)21-11-10-19-7-3-4-8-20(19)16-21)28(35)30-14-12-23-26(30)24(33)17-32(23)39(37,38)25-9-5-6-13-31(25)36/h3-11,13,16,18,22-23,26H,12,14-15,17H2,1-2H3,(H,29,34). The molecular formula is C28H30N4O6S. The van der Waals surface area contributed by atoms with Crippen LogP contribution in [0.4, 0.5) is 0 Å². The highest BCUT2D eigenvalue weighted by atomic mass is 32.2. The number of hydrogen-bond acceptors (Lipinski definition) is 6. The average molecular weight is 551 g/mol. The van der Waals surface area contributed by atoms with Crippen LogP contribution < -0.4 is 10.0 Å². The van der Waals surface area contributed by atoms with Crippen molar-refractivity contribution in [2.75, 3.05) is 13.1 Å². The fourth-order valence-corrected chi connectivity index (χ4v) is 7.19. The number of hydrogen-bond donors (Lipinski definition) is 1. The second-order valence-corrected chi connectivity index (χ2v) is 12.3. The summed E-state index contributed by atoms with van der Waals surface area (Å²) in [5.74, 6) is -1.17. The van der Waals surface area contributed by atoms with E-state index in [0.29, 0.717) is 12.0 Å². The molecule has 10 nitrogen and oxygen atoms in total. The summed E-state index contributed by atoms with van der Waals surface area (Å²) >= 11 is 0. The van der Waals surface area contributed by atoms with Crippen molar-refractivity contribution in [2.45, 2.75) is 49.8 Å². The van der Waals surface area contributed by atoms with Gasteiger partial charge in [-0.1, -0.05) is 44.2 Å². The molecule has 3 aromatic rings. The Morgan fingerprint density at radius 2 is 1.79 bits per heavy atom. The summed E-state index contributed by atoms with van der Waals surface area (Å²) in [6.45, 7) is 3.61. The molecule has 1 aromatic heterocycles. The number of ketones is 1. The molecule has 2 saturated heterocycles. The van der Waals surface area contributed by atoms with Crippen LogP contribution in [0, 0.1) is 11.1 Å². The van der Waals surface area contributed by atoms with Gasteiger partial charge in [0.1, 0.15) is 12.1 Å². The molecule has 0 aliphatic carbocycles.